The van der Waals surface area contributed by atoms with Gasteiger partial charge in [-0.3, -0.25) is 14.5 Å². The van der Waals surface area contributed by atoms with Crippen molar-refractivity contribution in [3.63, 3.8) is 0 Å². The highest BCUT2D eigenvalue weighted by atomic mass is 16.1. The van der Waals surface area contributed by atoms with Crippen molar-refractivity contribution in [1.82, 2.24) is 10.2 Å². The van der Waals surface area contributed by atoms with Crippen LogP contribution in [0.3, 0.4) is 0 Å². The van der Waals surface area contributed by atoms with Crippen molar-refractivity contribution in [2.45, 2.75) is 46.1 Å². The number of nitrogens with zero attached hydrogens (tertiary/aromatic N) is 1. The number of carbonyl (C=O) groups excluding carboxylic acids is 2. The number of hydrogen-bond donors (Lipinski definition) is 1. The van der Waals surface area contributed by atoms with Gasteiger partial charge in [0.15, 0.2) is 5.78 Å². The topological polar surface area (TPSA) is 49.4 Å². The van der Waals surface area contributed by atoms with Crippen LogP contribution < -0.4 is 5.32 Å². The molecule has 0 bridgehead atoms. The first-order valence-corrected chi connectivity index (χ1v) is 6.91. The third kappa shape index (κ3) is 3.10. The highest BCUT2D eigenvalue weighted by Gasteiger charge is 2.35. The number of fused-ring (bicyclic) bond motifs is 1. The molecule has 18 heavy (non-hydrogen) atoms. The van der Waals surface area contributed by atoms with E-state index in [4.69, 9.17) is 0 Å². The molecular weight excluding hydrogens is 228 g/mol. The first-order valence-electron chi connectivity index (χ1n) is 6.91. The summed E-state index contributed by atoms with van der Waals surface area (Å²) in [5.74, 6) is 1.03. The minimum absolute atomic E-state index is 0.190. The lowest BCUT2D eigenvalue weighted by Crippen LogP contribution is -2.55. The summed E-state index contributed by atoms with van der Waals surface area (Å²) < 4.78 is 0. The van der Waals surface area contributed by atoms with Crippen LogP contribution in [0.4, 0.5) is 0 Å². The van der Waals surface area contributed by atoms with Crippen molar-refractivity contribution >= 4 is 11.7 Å². The van der Waals surface area contributed by atoms with Gasteiger partial charge in [0.05, 0.1) is 6.54 Å². The van der Waals surface area contributed by atoms with Crippen LogP contribution >= 0.6 is 0 Å². The van der Waals surface area contributed by atoms with Crippen molar-refractivity contribution in [3.05, 3.63) is 0 Å². The molecule has 2 aliphatic heterocycles. The summed E-state index contributed by atoms with van der Waals surface area (Å²) in [6.45, 7) is 8.35. The lowest BCUT2D eigenvalue weighted by Gasteiger charge is -2.41. The molecule has 2 heterocycles. The zero-order valence-corrected chi connectivity index (χ0v) is 11.7. The summed E-state index contributed by atoms with van der Waals surface area (Å²) >= 11 is 0. The third-order valence-electron chi connectivity index (χ3n) is 4.11. The van der Waals surface area contributed by atoms with Gasteiger partial charge in [0.2, 0.25) is 5.91 Å². The van der Waals surface area contributed by atoms with Crippen molar-refractivity contribution in [2.75, 3.05) is 19.6 Å². The number of ketones is 1. The van der Waals surface area contributed by atoms with Crippen LogP contribution in [-0.2, 0) is 9.59 Å². The van der Waals surface area contributed by atoms with Crippen LogP contribution in [-0.4, -0.2) is 42.3 Å². The summed E-state index contributed by atoms with van der Waals surface area (Å²) in [6.07, 6.45) is 2.59. The Morgan fingerprint density at radius 3 is 2.78 bits per heavy atom. The molecule has 0 aromatic rings. The molecule has 0 aromatic carbocycles. The predicted molar refractivity (Wildman–Crippen MR) is 70.2 cm³/mol. The molecule has 2 fully saturated rings. The molecule has 0 spiro atoms. The maximum absolute atomic E-state index is 12.0. The van der Waals surface area contributed by atoms with E-state index in [1.54, 1.807) is 0 Å². The number of carbonyl (C=O) groups is 2. The van der Waals surface area contributed by atoms with Crippen LogP contribution in [0.5, 0.6) is 0 Å². The Kier molecular flexibility index (Phi) is 3.76. The van der Waals surface area contributed by atoms with Crippen molar-refractivity contribution in [3.8, 4) is 0 Å². The smallest absolute Gasteiger partial charge is 0.220 e. The fourth-order valence-corrected chi connectivity index (χ4v) is 2.77. The number of nitrogens with one attached hydrogen (secondary N) is 1. The van der Waals surface area contributed by atoms with E-state index in [9.17, 15) is 9.59 Å². The van der Waals surface area contributed by atoms with Gasteiger partial charge in [-0.15, -0.1) is 0 Å². The normalized spacial score (nSPS) is 29.6. The van der Waals surface area contributed by atoms with E-state index in [1.807, 2.05) is 20.8 Å². The van der Waals surface area contributed by atoms with Crippen LogP contribution in [0.25, 0.3) is 0 Å². The fourth-order valence-electron chi connectivity index (χ4n) is 2.77. The quantitative estimate of drug-likeness (QED) is 0.803. The zero-order valence-electron chi connectivity index (χ0n) is 11.7. The van der Waals surface area contributed by atoms with Gasteiger partial charge in [-0.2, -0.15) is 0 Å². The number of rotatable bonds is 2. The second-order valence-corrected chi connectivity index (χ2v) is 6.67. The van der Waals surface area contributed by atoms with Crippen molar-refractivity contribution in [1.29, 1.82) is 0 Å². The molecule has 4 heteroatoms. The maximum Gasteiger partial charge on any atom is 0.220 e. The van der Waals surface area contributed by atoms with Crippen LogP contribution in [0, 0.1) is 11.3 Å². The number of hydrogen-bond acceptors (Lipinski definition) is 3. The highest BCUT2D eigenvalue weighted by molar-refractivity contribution is 5.85. The molecule has 2 aliphatic rings. The highest BCUT2D eigenvalue weighted by Crippen LogP contribution is 2.26. The molecule has 4 nitrogen and oxygen atoms in total. The predicted octanol–water partition coefficient (Wildman–Crippen LogP) is 1.20. The molecule has 2 saturated heterocycles. The van der Waals surface area contributed by atoms with E-state index in [-0.39, 0.29) is 11.3 Å². The van der Waals surface area contributed by atoms with Crippen molar-refractivity contribution in [2.24, 2.45) is 11.3 Å². The average Bonchev–Trinajstić information content (AvgIpc) is 2.28. The van der Waals surface area contributed by atoms with E-state index < -0.39 is 0 Å². The second kappa shape index (κ2) is 5.00. The fraction of sp³-hybridized carbons (Fsp3) is 0.857. The molecule has 0 saturated carbocycles. The largest absolute Gasteiger partial charge is 0.353 e. The second-order valence-electron chi connectivity index (χ2n) is 6.67. The molecule has 2 atom stereocenters. The Labute approximate surface area is 109 Å². The van der Waals surface area contributed by atoms with E-state index in [2.05, 4.69) is 10.2 Å². The van der Waals surface area contributed by atoms with Crippen molar-refractivity contribution < 1.29 is 9.59 Å². The van der Waals surface area contributed by atoms with Gasteiger partial charge in [0, 0.05) is 31.0 Å². The average molecular weight is 252 g/mol. The van der Waals surface area contributed by atoms with E-state index in [0.717, 1.165) is 25.9 Å². The number of likely N-dealkylation sites (tertiary alicyclic amines) is 1. The monoisotopic (exact) mass is 252 g/mol. The number of piperidine rings is 2. The maximum atomic E-state index is 12.0. The van der Waals surface area contributed by atoms with E-state index in [1.165, 1.54) is 0 Å². The zero-order chi connectivity index (χ0) is 13.3. The molecule has 0 radical (unpaired) electrons. The Morgan fingerprint density at radius 2 is 2.11 bits per heavy atom. The van der Waals surface area contributed by atoms with Crippen LogP contribution in [0.1, 0.15) is 40.0 Å². The summed E-state index contributed by atoms with van der Waals surface area (Å²) in [4.78, 5) is 25.6. The van der Waals surface area contributed by atoms with Gasteiger partial charge in [-0.05, 0) is 18.8 Å². The molecule has 1 N–H and O–H groups in total. The molecule has 102 valence electrons. The summed E-state index contributed by atoms with van der Waals surface area (Å²) in [5, 5.41) is 3.07. The molecule has 0 aromatic heterocycles. The van der Waals surface area contributed by atoms with Gasteiger partial charge in [-0.1, -0.05) is 20.8 Å². The molecule has 2 unspecified atom stereocenters. The standard InChI is InChI=1S/C14H24N2O2/c1-14(2,3)12(17)9-16-7-6-11-10(8-16)4-5-13(18)15-11/h10-11H,4-9H2,1-3H3,(H,15,18). The summed E-state index contributed by atoms with van der Waals surface area (Å²) in [6, 6.07) is 0.340. The molecular formula is C14H24N2O2. The molecule has 0 aliphatic carbocycles. The van der Waals surface area contributed by atoms with Gasteiger partial charge < -0.3 is 5.32 Å². The minimum Gasteiger partial charge on any atom is -0.353 e. The minimum atomic E-state index is -0.252. The summed E-state index contributed by atoms with van der Waals surface area (Å²) in [7, 11) is 0. The Morgan fingerprint density at radius 1 is 1.39 bits per heavy atom. The Balaban J connectivity index is 1.88. The van der Waals surface area contributed by atoms with Crippen LogP contribution in [0.2, 0.25) is 0 Å². The van der Waals surface area contributed by atoms with Gasteiger partial charge in [0.25, 0.3) is 0 Å². The molecule has 1 amide bonds. The SMILES string of the molecule is CC(C)(C)C(=O)CN1CCC2NC(=O)CCC2C1. The van der Waals surface area contributed by atoms with Gasteiger partial charge in [0.1, 0.15) is 0 Å². The Bertz CT molecular complexity index is 346. The number of amides is 1. The first-order chi connectivity index (χ1) is 8.36. The molecule has 2 rings (SSSR count). The van der Waals surface area contributed by atoms with E-state index >= 15 is 0 Å². The van der Waals surface area contributed by atoms with Gasteiger partial charge >= 0.3 is 0 Å². The lowest BCUT2D eigenvalue weighted by atomic mass is 9.84. The third-order valence-corrected chi connectivity index (χ3v) is 4.11. The van der Waals surface area contributed by atoms with Crippen LogP contribution in [0.15, 0.2) is 0 Å². The van der Waals surface area contributed by atoms with E-state index in [0.29, 0.717) is 30.7 Å². The summed E-state index contributed by atoms with van der Waals surface area (Å²) in [5.41, 5.74) is -0.252. The Hall–Kier alpha value is -0.900. The number of Topliss-reactive ketones (excluding diaryl/α,β-unsaturated/α-hetero) is 1. The van der Waals surface area contributed by atoms with Gasteiger partial charge in [-0.25, -0.2) is 0 Å². The lowest BCUT2D eigenvalue weighted by molar-refractivity contribution is -0.130. The first kappa shape index (κ1) is 13.5.